The van der Waals surface area contributed by atoms with Crippen LogP contribution in [0.3, 0.4) is 0 Å². The lowest BCUT2D eigenvalue weighted by molar-refractivity contribution is -0.220. The zero-order valence-corrected chi connectivity index (χ0v) is 31.0. The lowest BCUT2D eigenvalue weighted by atomic mass is 9.51. The van der Waals surface area contributed by atoms with Crippen LogP contribution in [0.5, 0.6) is 0 Å². The number of H-pyrrole nitrogens is 2. The number of fused-ring (bicyclic) bond motifs is 1. The highest BCUT2D eigenvalue weighted by atomic mass is 19.3. The minimum absolute atomic E-state index is 0.0994. The number of hydrogen-bond acceptors (Lipinski definition) is 7. The fourth-order valence-corrected chi connectivity index (χ4v) is 9.83. The summed E-state index contributed by atoms with van der Waals surface area (Å²) in [5, 5.41) is 10.9. The number of halogens is 2. The lowest BCUT2D eigenvalue weighted by Crippen LogP contribution is -2.59. The van der Waals surface area contributed by atoms with Crippen molar-refractivity contribution in [1.29, 1.82) is 0 Å². The molecule has 3 atom stereocenters. The average molecular weight is 739 g/mol. The van der Waals surface area contributed by atoms with E-state index in [1.807, 2.05) is 43.4 Å². The van der Waals surface area contributed by atoms with E-state index in [2.05, 4.69) is 35.3 Å². The number of hydrogen-bond donors (Lipinski definition) is 3. The van der Waals surface area contributed by atoms with Crippen molar-refractivity contribution < 1.29 is 23.2 Å². The average Bonchev–Trinajstić information content (AvgIpc) is 3.79. The van der Waals surface area contributed by atoms with Crippen LogP contribution in [0.25, 0.3) is 22.3 Å². The van der Waals surface area contributed by atoms with Gasteiger partial charge in [0.15, 0.2) is 0 Å². The van der Waals surface area contributed by atoms with E-state index in [1.54, 1.807) is 18.0 Å². The molecular weight excluding hydrogens is 691 g/mol. The van der Waals surface area contributed by atoms with Crippen LogP contribution in [-0.2, 0) is 20.8 Å². The van der Waals surface area contributed by atoms with Gasteiger partial charge in [0.05, 0.1) is 17.5 Å². The van der Waals surface area contributed by atoms with Crippen LogP contribution in [0.1, 0.15) is 86.9 Å². The second-order valence-electron chi connectivity index (χ2n) is 16.8. The number of piperidine rings is 3. The van der Waals surface area contributed by atoms with Gasteiger partial charge in [-0.1, -0.05) is 19.1 Å². The number of amides is 3. The number of pyridine rings is 1. The molecule has 4 fully saturated rings. The number of nitrogens with one attached hydrogen (secondary N) is 3. The van der Waals surface area contributed by atoms with Gasteiger partial charge in [-0.3, -0.25) is 24.8 Å². The highest BCUT2D eigenvalue weighted by Crippen LogP contribution is 2.68. The predicted molar refractivity (Wildman–Crippen MR) is 201 cm³/mol. The Hall–Kier alpha value is -4.65. The molecule has 0 radical (unpaired) electrons. The summed E-state index contributed by atoms with van der Waals surface area (Å²) in [4.78, 5) is 51.9. The van der Waals surface area contributed by atoms with Crippen molar-refractivity contribution in [3.63, 3.8) is 0 Å². The van der Waals surface area contributed by atoms with Crippen molar-refractivity contribution in [2.24, 2.45) is 17.3 Å². The van der Waals surface area contributed by atoms with E-state index in [0.717, 1.165) is 92.1 Å². The Morgan fingerprint density at radius 3 is 2.50 bits per heavy atom. The number of carbonyl (C=O) groups is 3. The van der Waals surface area contributed by atoms with Crippen molar-refractivity contribution >= 4 is 40.1 Å². The molecule has 11 nitrogen and oxygen atoms in total. The summed E-state index contributed by atoms with van der Waals surface area (Å²) in [5.41, 5.74) is 4.26. The lowest BCUT2D eigenvalue weighted by Gasteiger charge is -2.56. The maximum Gasteiger partial charge on any atom is 0.260 e. The van der Waals surface area contributed by atoms with E-state index >= 15 is 8.78 Å². The standard InChI is InChI=1S/C41H48F2N8O3/c1-40-20-30(41(40,42)43)37-33(21-40)47-48-38(37)32-18-26-3-5-28(19-31(26)45-32)49(2)36(53)17-24-9-13-50(14-10-24)23-25-11-15-51(16-12-25)34-7-4-27(22-44-34)29-6-8-35(52)46-39(29)54/h3-5,7,18-19,22,24-25,29-30,45H,6,8-17,20-21,23H2,1-2H3,(H,47,48)(H,46,52,54)/t29?,30?,40-/m0/s1. The third-order valence-electron chi connectivity index (χ3n) is 13.4. The van der Waals surface area contributed by atoms with Gasteiger partial charge in [0, 0.05) is 85.4 Å². The first-order valence-corrected chi connectivity index (χ1v) is 19.6. The molecule has 54 heavy (non-hydrogen) atoms. The maximum absolute atomic E-state index is 15.0. The molecule has 1 saturated carbocycles. The van der Waals surface area contributed by atoms with E-state index < -0.39 is 17.3 Å². The van der Waals surface area contributed by atoms with Crippen molar-refractivity contribution in [3.8, 4) is 11.4 Å². The number of nitrogens with zero attached hydrogens (tertiary/aromatic N) is 5. The van der Waals surface area contributed by atoms with Gasteiger partial charge in [-0.05, 0) is 93.3 Å². The molecule has 13 heteroatoms. The highest BCUT2D eigenvalue weighted by Gasteiger charge is 2.70. The highest BCUT2D eigenvalue weighted by molar-refractivity contribution is 6.01. The molecule has 10 rings (SSSR count). The van der Waals surface area contributed by atoms with Crippen LogP contribution in [0.15, 0.2) is 42.6 Å². The number of alkyl halides is 2. The molecule has 2 unspecified atom stereocenters. The summed E-state index contributed by atoms with van der Waals surface area (Å²) in [7, 11) is 1.83. The third kappa shape index (κ3) is 6.08. The molecule has 4 aromatic rings. The van der Waals surface area contributed by atoms with Crippen molar-refractivity contribution in [2.45, 2.75) is 82.5 Å². The normalized spacial score (nSPS) is 26.0. The number of anilines is 2. The second kappa shape index (κ2) is 13.3. The van der Waals surface area contributed by atoms with Gasteiger partial charge >= 0.3 is 0 Å². The molecule has 3 aromatic heterocycles. The van der Waals surface area contributed by atoms with Gasteiger partial charge < -0.3 is 19.7 Å². The van der Waals surface area contributed by atoms with E-state index in [9.17, 15) is 14.4 Å². The van der Waals surface area contributed by atoms with Gasteiger partial charge in [-0.2, -0.15) is 5.10 Å². The Labute approximate surface area is 313 Å². The number of aromatic nitrogens is 4. The van der Waals surface area contributed by atoms with E-state index in [1.165, 1.54) is 0 Å². The van der Waals surface area contributed by atoms with Crippen LogP contribution in [-0.4, -0.2) is 88.5 Å². The predicted octanol–water partition coefficient (Wildman–Crippen LogP) is 6.14. The summed E-state index contributed by atoms with van der Waals surface area (Å²) in [6, 6.07) is 11.8. The van der Waals surface area contributed by atoms with Crippen LogP contribution in [0, 0.1) is 17.3 Å². The summed E-state index contributed by atoms with van der Waals surface area (Å²) in [6.45, 7) is 6.66. The SMILES string of the molecule is CN(C(=O)CC1CCN(CC2CCN(c3ccc(C4CCC(=O)NC4=O)cn3)CC2)CC1)c1ccc2cc(-c3n[nH]c4c3C3C[C@@](C)(C4)C3(F)F)[nH]c2c1. The quantitative estimate of drug-likeness (QED) is 0.185. The van der Waals surface area contributed by atoms with Gasteiger partial charge in [0.25, 0.3) is 5.92 Å². The molecule has 3 amide bonds. The first-order chi connectivity index (χ1) is 26.0. The van der Waals surface area contributed by atoms with Crippen molar-refractivity contribution in [2.75, 3.05) is 49.6 Å². The number of likely N-dealkylation sites (tertiary alicyclic amines) is 1. The molecule has 3 saturated heterocycles. The number of aromatic amines is 2. The van der Waals surface area contributed by atoms with Gasteiger partial charge in [0.1, 0.15) is 11.5 Å². The van der Waals surface area contributed by atoms with Crippen LogP contribution < -0.4 is 15.1 Å². The molecule has 1 aromatic carbocycles. The number of benzene rings is 1. The van der Waals surface area contributed by atoms with Crippen molar-refractivity contribution in [3.05, 3.63) is 59.4 Å². The summed E-state index contributed by atoms with van der Waals surface area (Å²) < 4.78 is 30.0. The molecular formula is C41H48F2N8O3. The molecule has 6 heterocycles. The summed E-state index contributed by atoms with van der Waals surface area (Å²) in [6.07, 6.45) is 8.19. The molecule has 3 N–H and O–H groups in total. The number of carbonyl (C=O) groups excluding carboxylic acids is 3. The second-order valence-corrected chi connectivity index (χ2v) is 16.8. The fourth-order valence-electron chi connectivity index (χ4n) is 9.83. The fraction of sp³-hybridized carbons (Fsp3) is 0.537. The Balaban J connectivity index is 0.743. The van der Waals surface area contributed by atoms with Gasteiger partial charge in [-0.25, -0.2) is 13.8 Å². The molecule has 3 aliphatic carbocycles. The Bertz CT molecular complexity index is 2100. The zero-order valence-electron chi connectivity index (χ0n) is 31.0. The number of imide groups is 1. The van der Waals surface area contributed by atoms with E-state index in [4.69, 9.17) is 0 Å². The van der Waals surface area contributed by atoms with Gasteiger partial charge in [-0.15, -0.1) is 0 Å². The first-order valence-electron chi connectivity index (χ1n) is 19.6. The Morgan fingerprint density at radius 2 is 1.78 bits per heavy atom. The summed E-state index contributed by atoms with van der Waals surface area (Å²) in [5.74, 6) is -2.27. The maximum atomic E-state index is 15.0. The Morgan fingerprint density at radius 1 is 1.00 bits per heavy atom. The Kier molecular flexibility index (Phi) is 8.63. The van der Waals surface area contributed by atoms with Crippen LogP contribution in [0.4, 0.5) is 20.3 Å². The largest absolute Gasteiger partial charge is 0.357 e. The monoisotopic (exact) mass is 738 g/mol. The molecule has 3 aliphatic heterocycles. The minimum atomic E-state index is -2.73. The number of rotatable bonds is 8. The zero-order chi connectivity index (χ0) is 37.4. The van der Waals surface area contributed by atoms with Crippen LogP contribution in [0.2, 0.25) is 0 Å². The van der Waals surface area contributed by atoms with Gasteiger partial charge in [0.2, 0.25) is 17.7 Å². The van der Waals surface area contributed by atoms with E-state index in [-0.39, 0.29) is 23.6 Å². The third-order valence-corrected chi connectivity index (χ3v) is 13.4. The molecule has 0 spiro atoms. The van der Waals surface area contributed by atoms with E-state index in [0.29, 0.717) is 60.9 Å². The smallest absolute Gasteiger partial charge is 0.260 e. The van der Waals surface area contributed by atoms with Crippen LogP contribution >= 0.6 is 0 Å². The molecule has 6 aliphatic rings. The molecule has 284 valence electrons. The first kappa shape index (κ1) is 35.1. The minimum Gasteiger partial charge on any atom is -0.357 e. The molecule has 2 bridgehead atoms. The topological polar surface area (TPSA) is 130 Å². The van der Waals surface area contributed by atoms with Crippen molar-refractivity contribution in [1.82, 2.24) is 30.4 Å². The summed E-state index contributed by atoms with van der Waals surface area (Å²) >= 11 is 0.